The van der Waals surface area contributed by atoms with Crippen LogP contribution >= 0.6 is 0 Å². The molecule has 28 heavy (non-hydrogen) atoms. The lowest BCUT2D eigenvalue weighted by Crippen LogP contribution is -2.54. The minimum absolute atomic E-state index is 0.0240. The smallest absolute Gasteiger partial charge is 0.299 e. The van der Waals surface area contributed by atoms with Gasteiger partial charge in [0.25, 0.3) is 17.3 Å². The summed E-state index contributed by atoms with van der Waals surface area (Å²) in [6.07, 6.45) is 0. The van der Waals surface area contributed by atoms with Gasteiger partial charge in [0.05, 0.1) is 21.5 Å². The highest BCUT2D eigenvalue weighted by Gasteiger charge is 2.32. The molecule has 1 heterocycles. The third-order valence-electron chi connectivity index (χ3n) is 4.70. The first-order chi connectivity index (χ1) is 13.3. The summed E-state index contributed by atoms with van der Waals surface area (Å²) >= 11 is 0. The Morgan fingerprint density at radius 3 is 2.43 bits per heavy atom. The maximum Gasteiger partial charge on any atom is 0.299 e. The second-order valence-electron chi connectivity index (χ2n) is 6.46. The third kappa shape index (κ3) is 3.61. The summed E-state index contributed by atoms with van der Waals surface area (Å²) < 4.78 is 13.9. The second-order valence-corrected chi connectivity index (χ2v) is 6.46. The number of nitro benzene ring substituents is 2. The molecule has 0 spiro atoms. The molecule has 0 radical (unpaired) electrons. The van der Waals surface area contributed by atoms with Crippen molar-refractivity contribution in [2.45, 2.75) is 13.0 Å². The van der Waals surface area contributed by atoms with Crippen molar-refractivity contribution in [3.8, 4) is 0 Å². The van der Waals surface area contributed by atoms with E-state index in [0.29, 0.717) is 0 Å². The fraction of sp³-hybridized carbons (Fsp3) is 0.278. The molecule has 146 valence electrons. The number of carbonyl (C=O) groups is 1. The maximum absolute atomic E-state index is 13.9. The molecule has 0 saturated carbocycles. The standard InChI is InChI=1S/C18H17FN4O5/c1-12-11-20(16-7-6-13(22(25)26)10-17(16)23(27)28)8-9-21(12)18(24)14-4-2-3-5-15(14)19/h2-7,10,12H,8-9,11H2,1H3. The molecular formula is C18H17FN4O5. The number of hydrogen-bond acceptors (Lipinski definition) is 6. The minimum Gasteiger partial charge on any atom is -0.362 e. The Balaban J connectivity index is 1.82. The van der Waals surface area contributed by atoms with Crippen molar-refractivity contribution in [1.82, 2.24) is 4.90 Å². The normalized spacial score (nSPS) is 16.7. The lowest BCUT2D eigenvalue weighted by atomic mass is 10.1. The highest BCUT2D eigenvalue weighted by molar-refractivity contribution is 5.95. The van der Waals surface area contributed by atoms with Crippen LogP contribution in [0.2, 0.25) is 0 Å². The van der Waals surface area contributed by atoms with Gasteiger partial charge in [-0.25, -0.2) is 4.39 Å². The third-order valence-corrected chi connectivity index (χ3v) is 4.70. The van der Waals surface area contributed by atoms with Gasteiger partial charge in [-0.3, -0.25) is 25.0 Å². The first-order valence-corrected chi connectivity index (χ1v) is 8.53. The molecular weight excluding hydrogens is 371 g/mol. The van der Waals surface area contributed by atoms with Gasteiger partial charge >= 0.3 is 0 Å². The van der Waals surface area contributed by atoms with E-state index in [1.54, 1.807) is 17.9 Å². The monoisotopic (exact) mass is 388 g/mol. The van der Waals surface area contributed by atoms with E-state index >= 15 is 0 Å². The van der Waals surface area contributed by atoms with Crippen LogP contribution in [-0.4, -0.2) is 46.3 Å². The number of amides is 1. The molecule has 1 aliphatic heterocycles. The van der Waals surface area contributed by atoms with Crippen LogP contribution in [0.1, 0.15) is 17.3 Å². The average molecular weight is 388 g/mol. The zero-order valence-electron chi connectivity index (χ0n) is 14.9. The molecule has 1 saturated heterocycles. The van der Waals surface area contributed by atoms with Gasteiger partial charge in [0, 0.05) is 31.7 Å². The molecule has 1 amide bonds. The van der Waals surface area contributed by atoms with Crippen molar-refractivity contribution in [3.63, 3.8) is 0 Å². The number of carbonyl (C=O) groups excluding carboxylic acids is 1. The molecule has 2 aromatic rings. The topological polar surface area (TPSA) is 110 Å². The predicted molar refractivity (Wildman–Crippen MR) is 98.9 cm³/mol. The molecule has 0 bridgehead atoms. The highest BCUT2D eigenvalue weighted by Crippen LogP contribution is 2.33. The zero-order chi connectivity index (χ0) is 20.4. The number of rotatable bonds is 4. The van der Waals surface area contributed by atoms with E-state index in [1.165, 1.54) is 35.2 Å². The molecule has 2 aromatic carbocycles. The van der Waals surface area contributed by atoms with E-state index in [-0.39, 0.29) is 48.3 Å². The maximum atomic E-state index is 13.9. The Labute approximate surface area is 159 Å². The lowest BCUT2D eigenvalue weighted by molar-refractivity contribution is -0.393. The van der Waals surface area contributed by atoms with E-state index in [4.69, 9.17) is 0 Å². The van der Waals surface area contributed by atoms with Crippen LogP contribution < -0.4 is 4.90 Å². The summed E-state index contributed by atoms with van der Waals surface area (Å²) in [7, 11) is 0. The van der Waals surface area contributed by atoms with Gasteiger partial charge in [0.15, 0.2) is 0 Å². The minimum atomic E-state index is -0.690. The number of anilines is 1. The molecule has 1 unspecified atom stereocenters. The van der Waals surface area contributed by atoms with E-state index in [9.17, 15) is 29.4 Å². The highest BCUT2D eigenvalue weighted by atomic mass is 19.1. The van der Waals surface area contributed by atoms with Crippen LogP contribution in [0.15, 0.2) is 42.5 Å². The molecule has 1 fully saturated rings. The Morgan fingerprint density at radius 2 is 1.82 bits per heavy atom. The Kier molecular flexibility index (Phi) is 5.21. The first-order valence-electron chi connectivity index (χ1n) is 8.53. The van der Waals surface area contributed by atoms with E-state index in [0.717, 1.165) is 6.07 Å². The van der Waals surface area contributed by atoms with E-state index < -0.39 is 21.6 Å². The Hall–Kier alpha value is -3.56. The first kappa shape index (κ1) is 19.2. The quantitative estimate of drug-likeness (QED) is 0.588. The summed E-state index contributed by atoms with van der Waals surface area (Å²) in [6.45, 7) is 2.56. The van der Waals surface area contributed by atoms with Crippen molar-refractivity contribution in [1.29, 1.82) is 0 Å². The average Bonchev–Trinajstić information content (AvgIpc) is 2.67. The van der Waals surface area contributed by atoms with Gasteiger partial charge in [0.1, 0.15) is 11.5 Å². The van der Waals surface area contributed by atoms with Gasteiger partial charge in [-0.05, 0) is 25.1 Å². The Morgan fingerprint density at radius 1 is 1.11 bits per heavy atom. The second kappa shape index (κ2) is 7.59. The summed E-state index contributed by atoms with van der Waals surface area (Å²) in [6, 6.07) is 8.86. The van der Waals surface area contributed by atoms with Crippen LogP contribution in [0, 0.1) is 26.0 Å². The number of hydrogen-bond donors (Lipinski definition) is 0. The van der Waals surface area contributed by atoms with Gasteiger partial charge in [-0.15, -0.1) is 0 Å². The number of piperazine rings is 1. The fourth-order valence-corrected chi connectivity index (χ4v) is 3.31. The summed E-state index contributed by atoms with van der Waals surface area (Å²) in [5.74, 6) is -1.04. The van der Waals surface area contributed by atoms with Crippen LogP contribution in [0.25, 0.3) is 0 Å². The molecule has 1 aliphatic rings. The number of nitro groups is 2. The van der Waals surface area contributed by atoms with Crippen molar-refractivity contribution < 1.29 is 19.0 Å². The Bertz CT molecular complexity index is 951. The molecule has 0 aromatic heterocycles. The van der Waals surface area contributed by atoms with Crippen molar-refractivity contribution in [2.75, 3.05) is 24.5 Å². The van der Waals surface area contributed by atoms with Gasteiger partial charge in [-0.1, -0.05) is 12.1 Å². The van der Waals surface area contributed by atoms with Crippen LogP contribution in [0.5, 0.6) is 0 Å². The molecule has 0 aliphatic carbocycles. The molecule has 1 atom stereocenters. The molecule has 9 nitrogen and oxygen atoms in total. The zero-order valence-corrected chi connectivity index (χ0v) is 14.9. The molecule has 3 rings (SSSR count). The number of non-ortho nitro benzene ring substituents is 1. The summed E-state index contributed by atoms with van der Waals surface area (Å²) in [5.41, 5.74) is -0.503. The van der Waals surface area contributed by atoms with Crippen molar-refractivity contribution in [2.24, 2.45) is 0 Å². The van der Waals surface area contributed by atoms with Crippen LogP contribution in [0.3, 0.4) is 0 Å². The van der Waals surface area contributed by atoms with Crippen molar-refractivity contribution in [3.05, 3.63) is 74.1 Å². The van der Waals surface area contributed by atoms with Gasteiger partial charge in [0.2, 0.25) is 0 Å². The van der Waals surface area contributed by atoms with Gasteiger partial charge in [-0.2, -0.15) is 0 Å². The lowest BCUT2D eigenvalue weighted by Gasteiger charge is -2.40. The number of nitrogens with zero attached hydrogens (tertiary/aromatic N) is 4. The van der Waals surface area contributed by atoms with Crippen LogP contribution in [-0.2, 0) is 0 Å². The van der Waals surface area contributed by atoms with Crippen molar-refractivity contribution >= 4 is 23.0 Å². The van der Waals surface area contributed by atoms with E-state index in [1.807, 2.05) is 0 Å². The summed E-state index contributed by atoms with van der Waals surface area (Å²) in [4.78, 5) is 36.8. The van der Waals surface area contributed by atoms with E-state index in [2.05, 4.69) is 0 Å². The number of benzene rings is 2. The molecule has 0 N–H and O–H groups in total. The summed E-state index contributed by atoms with van der Waals surface area (Å²) in [5, 5.41) is 22.3. The van der Waals surface area contributed by atoms with Gasteiger partial charge < -0.3 is 9.80 Å². The number of halogens is 1. The SMILES string of the molecule is CC1CN(c2ccc([N+](=O)[O-])cc2[N+](=O)[O-])CCN1C(=O)c1ccccc1F. The predicted octanol–water partition coefficient (Wildman–Crippen LogP) is 2.99. The molecule has 10 heteroatoms. The van der Waals surface area contributed by atoms with Crippen LogP contribution in [0.4, 0.5) is 21.5 Å². The largest absolute Gasteiger partial charge is 0.362 e. The fourth-order valence-electron chi connectivity index (χ4n) is 3.31.